The van der Waals surface area contributed by atoms with E-state index in [-0.39, 0.29) is 30.7 Å². The van der Waals surface area contributed by atoms with Gasteiger partial charge < -0.3 is 15.4 Å². The molecule has 0 bridgehead atoms. The second-order valence-electron chi connectivity index (χ2n) is 7.37. The van der Waals surface area contributed by atoms with E-state index in [4.69, 9.17) is 4.74 Å². The van der Waals surface area contributed by atoms with Crippen molar-refractivity contribution < 1.29 is 19.1 Å². The number of anilines is 1. The van der Waals surface area contributed by atoms with E-state index in [2.05, 4.69) is 10.6 Å². The van der Waals surface area contributed by atoms with Gasteiger partial charge >= 0.3 is 5.97 Å². The molecule has 0 spiro atoms. The number of nitrogens with one attached hydrogen (secondary N) is 2. The average molecular weight is 375 g/mol. The third-order valence-corrected chi connectivity index (χ3v) is 4.47. The lowest BCUT2D eigenvalue weighted by atomic mass is 10.1. The first-order chi connectivity index (χ1) is 12.8. The Morgan fingerprint density at radius 3 is 2.59 bits per heavy atom. The van der Waals surface area contributed by atoms with E-state index in [1.54, 1.807) is 4.90 Å². The molecule has 7 heteroatoms. The molecule has 0 radical (unpaired) electrons. The molecule has 1 aromatic carbocycles. The van der Waals surface area contributed by atoms with Crippen LogP contribution >= 0.6 is 0 Å². The van der Waals surface area contributed by atoms with Crippen LogP contribution in [0, 0.1) is 19.8 Å². The minimum atomic E-state index is -0.692. The highest BCUT2D eigenvalue weighted by molar-refractivity contribution is 5.95. The lowest BCUT2D eigenvalue weighted by Gasteiger charge is -2.34. The second kappa shape index (κ2) is 9.50. The number of esters is 1. The van der Waals surface area contributed by atoms with Crippen LogP contribution in [0.4, 0.5) is 5.69 Å². The van der Waals surface area contributed by atoms with Crippen LogP contribution in [0.1, 0.15) is 31.4 Å². The van der Waals surface area contributed by atoms with Crippen molar-refractivity contribution in [3.05, 3.63) is 29.3 Å². The van der Waals surface area contributed by atoms with E-state index in [9.17, 15) is 14.4 Å². The number of piperazine rings is 1. The standard InChI is InChI=1S/C20H29N3O4/c1-13(2)12-27-18(25)10-16-20(26)21-8-9-23(16)11-17(24)22-19-14(3)6-5-7-15(19)4/h5-7,13,16H,8-12H2,1-4H3,(H,21,26)(H,22,24). The van der Waals surface area contributed by atoms with Crippen LogP contribution in [0.3, 0.4) is 0 Å². The Morgan fingerprint density at radius 1 is 1.30 bits per heavy atom. The molecular weight excluding hydrogens is 346 g/mol. The Morgan fingerprint density at radius 2 is 1.96 bits per heavy atom. The lowest BCUT2D eigenvalue weighted by Crippen LogP contribution is -2.57. The number of carbonyl (C=O) groups excluding carboxylic acids is 3. The van der Waals surface area contributed by atoms with Gasteiger partial charge in [-0.1, -0.05) is 32.0 Å². The van der Waals surface area contributed by atoms with Crippen LogP contribution in [0.5, 0.6) is 0 Å². The maximum atomic E-state index is 12.5. The van der Waals surface area contributed by atoms with Crippen LogP contribution in [-0.4, -0.2) is 55.0 Å². The molecule has 1 aliphatic heterocycles. The van der Waals surface area contributed by atoms with Gasteiger partial charge in [0.2, 0.25) is 11.8 Å². The van der Waals surface area contributed by atoms with Crippen molar-refractivity contribution in [1.29, 1.82) is 0 Å². The van der Waals surface area contributed by atoms with Crippen molar-refractivity contribution in [2.45, 2.75) is 40.2 Å². The maximum Gasteiger partial charge on any atom is 0.307 e. The minimum absolute atomic E-state index is 0.0450. The van der Waals surface area contributed by atoms with Crippen molar-refractivity contribution in [2.24, 2.45) is 5.92 Å². The fourth-order valence-electron chi connectivity index (χ4n) is 3.02. The Bertz CT molecular complexity index is 682. The van der Waals surface area contributed by atoms with Gasteiger partial charge in [-0.25, -0.2) is 0 Å². The molecule has 7 nitrogen and oxygen atoms in total. The van der Waals surface area contributed by atoms with Gasteiger partial charge in [-0.3, -0.25) is 19.3 Å². The van der Waals surface area contributed by atoms with E-state index < -0.39 is 12.0 Å². The average Bonchev–Trinajstić information content (AvgIpc) is 2.59. The van der Waals surface area contributed by atoms with E-state index in [0.717, 1.165) is 16.8 Å². The van der Waals surface area contributed by atoms with Gasteiger partial charge in [0.1, 0.15) is 6.04 Å². The van der Waals surface area contributed by atoms with Crippen molar-refractivity contribution >= 4 is 23.5 Å². The molecule has 2 N–H and O–H groups in total. The van der Waals surface area contributed by atoms with Crippen molar-refractivity contribution in [2.75, 3.05) is 31.6 Å². The number of ether oxygens (including phenoxy) is 1. The molecule has 0 aromatic heterocycles. The predicted molar refractivity (Wildman–Crippen MR) is 103 cm³/mol. The van der Waals surface area contributed by atoms with Gasteiger partial charge in [-0.05, 0) is 30.9 Å². The summed E-state index contributed by atoms with van der Waals surface area (Å²) in [6.45, 7) is 9.09. The molecule has 1 aromatic rings. The fraction of sp³-hybridized carbons (Fsp3) is 0.550. The van der Waals surface area contributed by atoms with Crippen molar-refractivity contribution in [1.82, 2.24) is 10.2 Å². The molecule has 1 saturated heterocycles. The molecule has 2 amide bonds. The van der Waals surface area contributed by atoms with Crippen LogP contribution in [0.15, 0.2) is 18.2 Å². The van der Waals surface area contributed by atoms with Crippen molar-refractivity contribution in [3.63, 3.8) is 0 Å². The summed E-state index contributed by atoms with van der Waals surface area (Å²) in [4.78, 5) is 38.5. The third kappa shape index (κ3) is 6.06. The zero-order valence-electron chi connectivity index (χ0n) is 16.5. The first-order valence-corrected chi connectivity index (χ1v) is 9.31. The first kappa shape index (κ1) is 20.9. The summed E-state index contributed by atoms with van der Waals surface area (Å²) in [5.41, 5.74) is 2.75. The number of amides is 2. The molecule has 1 fully saturated rings. The van der Waals surface area contributed by atoms with E-state index in [1.807, 2.05) is 45.9 Å². The van der Waals surface area contributed by atoms with Crippen LogP contribution < -0.4 is 10.6 Å². The molecule has 148 valence electrons. The molecular formula is C20H29N3O4. The quantitative estimate of drug-likeness (QED) is 0.708. The lowest BCUT2D eigenvalue weighted by molar-refractivity contribution is -0.149. The molecule has 27 heavy (non-hydrogen) atoms. The molecule has 0 saturated carbocycles. The molecule has 2 rings (SSSR count). The Hall–Kier alpha value is -2.41. The number of nitrogens with zero attached hydrogens (tertiary/aromatic N) is 1. The Kier molecular flexibility index (Phi) is 7.36. The zero-order chi connectivity index (χ0) is 20.0. The highest BCUT2D eigenvalue weighted by atomic mass is 16.5. The summed E-state index contributed by atoms with van der Waals surface area (Å²) < 4.78 is 5.19. The first-order valence-electron chi connectivity index (χ1n) is 9.31. The van der Waals surface area contributed by atoms with Gasteiger partial charge in [0.05, 0.1) is 19.6 Å². The van der Waals surface area contributed by atoms with Crippen LogP contribution in [0.2, 0.25) is 0 Å². The molecule has 1 heterocycles. The number of hydrogen-bond donors (Lipinski definition) is 2. The fourth-order valence-corrected chi connectivity index (χ4v) is 3.02. The summed E-state index contributed by atoms with van der Waals surface area (Å²) >= 11 is 0. The molecule has 1 atom stereocenters. The second-order valence-corrected chi connectivity index (χ2v) is 7.37. The SMILES string of the molecule is Cc1cccc(C)c1NC(=O)CN1CCNC(=O)C1CC(=O)OCC(C)C. The summed E-state index contributed by atoms with van der Waals surface area (Å²) in [6, 6.07) is 5.12. The number of aryl methyl sites for hydroxylation is 2. The summed E-state index contributed by atoms with van der Waals surface area (Å²) in [6.07, 6.45) is -0.0603. The van der Waals surface area contributed by atoms with Crippen LogP contribution in [0.25, 0.3) is 0 Å². The topological polar surface area (TPSA) is 87.7 Å². The smallest absolute Gasteiger partial charge is 0.307 e. The van der Waals surface area contributed by atoms with Gasteiger partial charge in [0.25, 0.3) is 0 Å². The Balaban J connectivity index is 2.00. The zero-order valence-corrected chi connectivity index (χ0v) is 16.5. The molecule has 1 aliphatic rings. The minimum Gasteiger partial charge on any atom is -0.465 e. The van der Waals surface area contributed by atoms with Gasteiger partial charge in [-0.15, -0.1) is 0 Å². The molecule has 1 unspecified atom stereocenters. The number of benzene rings is 1. The van der Waals surface area contributed by atoms with Gasteiger partial charge in [0, 0.05) is 18.8 Å². The normalized spacial score (nSPS) is 17.5. The number of carbonyl (C=O) groups is 3. The summed E-state index contributed by atoms with van der Waals surface area (Å²) in [5, 5.41) is 5.68. The van der Waals surface area contributed by atoms with Crippen LogP contribution in [-0.2, 0) is 19.1 Å². The maximum absolute atomic E-state index is 12.5. The van der Waals surface area contributed by atoms with Gasteiger partial charge in [-0.2, -0.15) is 0 Å². The predicted octanol–water partition coefficient (Wildman–Crippen LogP) is 1.63. The van der Waals surface area contributed by atoms with E-state index in [1.165, 1.54) is 0 Å². The van der Waals surface area contributed by atoms with E-state index in [0.29, 0.717) is 19.7 Å². The highest BCUT2D eigenvalue weighted by Gasteiger charge is 2.33. The largest absolute Gasteiger partial charge is 0.465 e. The number of para-hydroxylation sites is 1. The summed E-state index contributed by atoms with van der Waals surface area (Å²) in [7, 11) is 0. The van der Waals surface area contributed by atoms with E-state index >= 15 is 0 Å². The van der Waals surface area contributed by atoms with Crippen molar-refractivity contribution in [3.8, 4) is 0 Å². The monoisotopic (exact) mass is 375 g/mol. The Labute approximate surface area is 160 Å². The summed E-state index contributed by atoms with van der Waals surface area (Å²) in [5.74, 6) is -0.649. The number of rotatable bonds is 7. The van der Waals surface area contributed by atoms with Gasteiger partial charge in [0.15, 0.2) is 0 Å². The number of hydrogen-bond acceptors (Lipinski definition) is 5. The highest BCUT2D eigenvalue weighted by Crippen LogP contribution is 2.19. The third-order valence-electron chi connectivity index (χ3n) is 4.47. The molecule has 0 aliphatic carbocycles.